The average Bonchev–Trinajstić information content (AvgIpc) is 2.30. The van der Waals surface area contributed by atoms with E-state index < -0.39 is 0 Å². The Morgan fingerprint density at radius 2 is 2.06 bits per heavy atom. The van der Waals surface area contributed by atoms with Crippen molar-refractivity contribution in [3.8, 4) is 11.1 Å². The molecule has 0 saturated carbocycles. The van der Waals surface area contributed by atoms with Gasteiger partial charge in [0.25, 0.3) is 0 Å². The summed E-state index contributed by atoms with van der Waals surface area (Å²) in [7, 11) is 0. The van der Waals surface area contributed by atoms with Gasteiger partial charge >= 0.3 is 0 Å². The van der Waals surface area contributed by atoms with E-state index in [9.17, 15) is 0 Å². The first kappa shape index (κ1) is 11.1. The maximum absolute atomic E-state index is 8.99. The molecular weight excluding hydrogens is 222 g/mol. The number of aliphatic hydroxyl groups is 1. The van der Waals surface area contributed by atoms with E-state index in [1.165, 1.54) is 0 Å². The van der Waals surface area contributed by atoms with Gasteiger partial charge in [-0.05, 0) is 24.6 Å². The highest BCUT2D eigenvalue weighted by atomic mass is 35.5. The Hall–Kier alpha value is -1.38. The number of aryl methyl sites for hydroxylation is 1. The number of benzene rings is 1. The second kappa shape index (κ2) is 4.64. The van der Waals surface area contributed by atoms with Crippen molar-refractivity contribution < 1.29 is 5.11 Å². The molecule has 1 N–H and O–H groups in total. The zero-order valence-corrected chi connectivity index (χ0v) is 9.70. The number of hydrogen-bond acceptors (Lipinski definition) is 2. The van der Waals surface area contributed by atoms with Crippen LogP contribution in [0.4, 0.5) is 0 Å². The summed E-state index contributed by atoms with van der Waals surface area (Å²) in [6.07, 6.45) is 1.80. The fourth-order valence-corrected chi connectivity index (χ4v) is 1.83. The number of halogens is 1. The van der Waals surface area contributed by atoms with Crippen LogP contribution in [0.5, 0.6) is 0 Å². The van der Waals surface area contributed by atoms with Crippen LogP contribution in [-0.4, -0.2) is 10.1 Å². The number of aromatic nitrogens is 1. The van der Waals surface area contributed by atoms with Gasteiger partial charge in [-0.1, -0.05) is 29.8 Å². The number of hydrogen-bond donors (Lipinski definition) is 1. The second-order valence-corrected chi connectivity index (χ2v) is 4.07. The smallest absolute Gasteiger partial charge is 0.0682 e. The van der Waals surface area contributed by atoms with Crippen LogP contribution in [0.1, 0.15) is 11.3 Å². The van der Waals surface area contributed by atoms with Gasteiger partial charge in [0.05, 0.1) is 6.61 Å². The highest BCUT2D eigenvalue weighted by molar-refractivity contribution is 6.33. The van der Waals surface area contributed by atoms with Crippen molar-refractivity contribution in [3.05, 3.63) is 52.8 Å². The molecule has 2 nitrogen and oxygen atoms in total. The van der Waals surface area contributed by atoms with Crippen molar-refractivity contribution in [1.29, 1.82) is 0 Å². The van der Waals surface area contributed by atoms with Crippen molar-refractivity contribution in [2.75, 3.05) is 0 Å². The highest BCUT2D eigenvalue weighted by Crippen LogP contribution is 2.28. The monoisotopic (exact) mass is 233 g/mol. The molecule has 0 aliphatic carbocycles. The van der Waals surface area contributed by atoms with Crippen molar-refractivity contribution in [1.82, 2.24) is 4.98 Å². The highest BCUT2D eigenvalue weighted by Gasteiger charge is 2.04. The van der Waals surface area contributed by atoms with Crippen LogP contribution in [0.3, 0.4) is 0 Å². The molecular formula is C13H12ClNO. The molecule has 0 spiro atoms. The van der Waals surface area contributed by atoms with Gasteiger partial charge in [-0.25, -0.2) is 0 Å². The van der Waals surface area contributed by atoms with Gasteiger partial charge in [-0.2, -0.15) is 0 Å². The molecule has 0 atom stereocenters. The predicted octanol–water partition coefficient (Wildman–Crippen LogP) is 3.20. The van der Waals surface area contributed by atoms with E-state index in [0.717, 1.165) is 22.4 Å². The van der Waals surface area contributed by atoms with Gasteiger partial charge in [-0.3, -0.25) is 4.98 Å². The Morgan fingerprint density at radius 1 is 1.25 bits per heavy atom. The lowest BCUT2D eigenvalue weighted by molar-refractivity contribution is 0.282. The van der Waals surface area contributed by atoms with Gasteiger partial charge in [0.1, 0.15) is 0 Å². The number of pyridine rings is 1. The molecule has 0 fully saturated rings. The van der Waals surface area contributed by atoms with Gasteiger partial charge in [-0.15, -0.1) is 0 Å². The van der Waals surface area contributed by atoms with E-state index in [0.29, 0.717) is 5.02 Å². The number of nitrogens with zero attached hydrogens (tertiary/aromatic N) is 1. The minimum Gasteiger partial charge on any atom is -0.392 e. The second-order valence-electron chi connectivity index (χ2n) is 3.66. The van der Waals surface area contributed by atoms with Gasteiger partial charge < -0.3 is 5.11 Å². The quantitative estimate of drug-likeness (QED) is 0.864. The van der Waals surface area contributed by atoms with Crippen LogP contribution in [0.2, 0.25) is 5.02 Å². The molecule has 1 aromatic carbocycles. The van der Waals surface area contributed by atoms with Crippen LogP contribution >= 0.6 is 11.6 Å². The molecule has 82 valence electrons. The SMILES string of the molecule is Cc1ccc(-c2ccc(CO)cc2Cl)cn1. The summed E-state index contributed by atoms with van der Waals surface area (Å²) in [5.74, 6) is 0. The maximum Gasteiger partial charge on any atom is 0.0682 e. The largest absolute Gasteiger partial charge is 0.392 e. The van der Waals surface area contributed by atoms with Gasteiger partial charge in [0.15, 0.2) is 0 Å². The Bertz CT molecular complexity index is 494. The Balaban J connectivity index is 2.44. The predicted molar refractivity (Wildman–Crippen MR) is 65.3 cm³/mol. The Labute approximate surface area is 99.5 Å². The van der Waals surface area contributed by atoms with Crippen LogP contribution in [-0.2, 0) is 6.61 Å². The molecule has 0 saturated heterocycles. The van der Waals surface area contributed by atoms with Crippen molar-refractivity contribution in [2.45, 2.75) is 13.5 Å². The van der Waals surface area contributed by atoms with Gasteiger partial charge in [0.2, 0.25) is 0 Å². The summed E-state index contributed by atoms with van der Waals surface area (Å²) in [6, 6.07) is 9.48. The molecule has 16 heavy (non-hydrogen) atoms. The average molecular weight is 234 g/mol. The molecule has 0 bridgehead atoms. The molecule has 0 aliphatic rings. The maximum atomic E-state index is 8.99. The van der Waals surface area contributed by atoms with Crippen molar-refractivity contribution >= 4 is 11.6 Å². The van der Waals surface area contributed by atoms with E-state index in [1.807, 2.05) is 31.2 Å². The number of aliphatic hydroxyl groups excluding tert-OH is 1. The fraction of sp³-hybridized carbons (Fsp3) is 0.154. The molecule has 0 aliphatic heterocycles. The summed E-state index contributed by atoms with van der Waals surface area (Å²) in [4.78, 5) is 4.23. The number of rotatable bonds is 2. The van der Waals surface area contributed by atoms with Gasteiger partial charge in [0, 0.05) is 28.0 Å². The third-order valence-electron chi connectivity index (χ3n) is 2.44. The summed E-state index contributed by atoms with van der Waals surface area (Å²) in [5.41, 5.74) is 3.71. The molecule has 0 radical (unpaired) electrons. The van der Waals surface area contributed by atoms with Crippen LogP contribution in [0.15, 0.2) is 36.5 Å². The third kappa shape index (κ3) is 2.23. The van der Waals surface area contributed by atoms with Crippen LogP contribution < -0.4 is 0 Å². The summed E-state index contributed by atoms with van der Waals surface area (Å²) < 4.78 is 0. The van der Waals surface area contributed by atoms with E-state index in [4.69, 9.17) is 16.7 Å². The molecule has 2 aromatic rings. The van der Waals surface area contributed by atoms with E-state index >= 15 is 0 Å². The fourth-order valence-electron chi connectivity index (χ4n) is 1.52. The Morgan fingerprint density at radius 3 is 2.62 bits per heavy atom. The van der Waals surface area contributed by atoms with Crippen molar-refractivity contribution in [2.24, 2.45) is 0 Å². The molecule has 1 aromatic heterocycles. The summed E-state index contributed by atoms with van der Waals surface area (Å²) >= 11 is 6.14. The lowest BCUT2D eigenvalue weighted by atomic mass is 10.1. The third-order valence-corrected chi connectivity index (χ3v) is 2.75. The van der Waals surface area contributed by atoms with E-state index in [1.54, 1.807) is 12.3 Å². The van der Waals surface area contributed by atoms with Crippen molar-refractivity contribution in [3.63, 3.8) is 0 Å². The first-order chi connectivity index (χ1) is 7.70. The molecule has 0 unspecified atom stereocenters. The van der Waals surface area contributed by atoms with Crippen LogP contribution in [0.25, 0.3) is 11.1 Å². The normalized spacial score (nSPS) is 10.4. The zero-order chi connectivity index (χ0) is 11.5. The lowest BCUT2D eigenvalue weighted by Crippen LogP contribution is -1.87. The molecule has 3 heteroatoms. The zero-order valence-electron chi connectivity index (χ0n) is 8.94. The summed E-state index contributed by atoms with van der Waals surface area (Å²) in [6.45, 7) is 1.95. The summed E-state index contributed by atoms with van der Waals surface area (Å²) in [5, 5.41) is 9.63. The van der Waals surface area contributed by atoms with Crippen LogP contribution in [0, 0.1) is 6.92 Å². The molecule has 2 rings (SSSR count). The van der Waals surface area contributed by atoms with E-state index in [-0.39, 0.29) is 6.61 Å². The first-order valence-corrected chi connectivity index (χ1v) is 5.41. The standard InChI is InChI=1S/C13H12ClNO/c1-9-2-4-11(7-15-9)12-5-3-10(8-16)6-13(12)14/h2-7,16H,8H2,1H3. The lowest BCUT2D eigenvalue weighted by Gasteiger charge is -2.06. The molecule has 1 heterocycles. The minimum absolute atomic E-state index is 0.00610. The molecule has 0 amide bonds. The topological polar surface area (TPSA) is 33.1 Å². The minimum atomic E-state index is 0.00610. The Kier molecular flexibility index (Phi) is 3.22. The first-order valence-electron chi connectivity index (χ1n) is 5.03. The van der Waals surface area contributed by atoms with E-state index in [2.05, 4.69) is 4.98 Å².